The first-order valence-electron chi connectivity index (χ1n) is 6.21. The first-order chi connectivity index (χ1) is 9.20. The van der Waals surface area contributed by atoms with Gasteiger partial charge in [-0.3, -0.25) is 9.59 Å². The molecule has 1 aliphatic heterocycles. The van der Waals surface area contributed by atoms with Crippen LogP contribution in [0.25, 0.3) is 0 Å². The van der Waals surface area contributed by atoms with Gasteiger partial charge in [-0.1, -0.05) is 6.07 Å². The Morgan fingerprint density at radius 1 is 1.58 bits per heavy atom. The number of hydrogen-bond acceptors (Lipinski definition) is 5. The lowest BCUT2D eigenvalue weighted by atomic mass is 10.1. The molecule has 0 saturated carbocycles. The molecule has 1 saturated heterocycles. The summed E-state index contributed by atoms with van der Waals surface area (Å²) >= 11 is 0. The summed E-state index contributed by atoms with van der Waals surface area (Å²) in [5, 5.41) is 3.13. The van der Waals surface area contributed by atoms with Crippen LogP contribution in [0.1, 0.15) is 6.42 Å². The van der Waals surface area contributed by atoms with Crippen LogP contribution in [0.2, 0.25) is 0 Å². The predicted molar refractivity (Wildman–Crippen MR) is 69.4 cm³/mol. The topological polar surface area (TPSA) is 71.5 Å². The fourth-order valence-electron chi connectivity index (χ4n) is 2.10. The Hall–Kier alpha value is -2.11. The summed E-state index contributed by atoms with van der Waals surface area (Å²) < 4.78 is 4.66. The van der Waals surface area contributed by atoms with Gasteiger partial charge in [0.2, 0.25) is 5.91 Å². The lowest BCUT2D eigenvalue weighted by molar-refractivity contribution is -0.145. The van der Waals surface area contributed by atoms with Crippen molar-refractivity contribution >= 4 is 17.7 Å². The molecule has 1 fully saturated rings. The van der Waals surface area contributed by atoms with Crippen molar-refractivity contribution in [1.29, 1.82) is 0 Å². The fraction of sp³-hybridized carbons (Fsp3) is 0.462. The molecule has 6 heteroatoms. The molecule has 1 aromatic rings. The maximum absolute atomic E-state index is 11.7. The molecule has 2 rings (SSSR count). The van der Waals surface area contributed by atoms with E-state index in [0.717, 1.165) is 5.82 Å². The zero-order valence-electron chi connectivity index (χ0n) is 10.8. The number of anilines is 1. The molecule has 1 atom stereocenters. The predicted octanol–water partition coefficient (Wildman–Crippen LogP) is 0.515. The van der Waals surface area contributed by atoms with Crippen molar-refractivity contribution in [1.82, 2.24) is 9.88 Å². The summed E-state index contributed by atoms with van der Waals surface area (Å²) in [4.78, 5) is 28.9. The summed E-state index contributed by atoms with van der Waals surface area (Å²) in [6.45, 7) is 1.61. The van der Waals surface area contributed by atoms with Crippen molar-refractivity contribution < 1.29 is 14.3 Å². The van der Waals surface area contributed by atoms with Crippen molar-refractivity contribution in [2.45, 2.75) is 6.42 Å². The Morgan fingerprint density at radius 2 is 2.42 bits per heavy atom. The average molecular weight is 263 g/mol. The summed E-state index contributed by atoms with van der Waals surface area (Å²) in [5.74, 6) is 0.137. The maximum atomic E-state index is 11.7. The van der Waals surface area contributed by atoms with Crippen molar-refractivity contribution in [2.75, 3.05) is 32.1 Å². The van der Waals surface area contributed by atoms with Gasteiger partial charge in [0.05, 0.1) is 13.0 Å². The van der Waals surface area contributed by atoms with Gasteiger partial charge in [0.15, 0.2) is 0 Å². The van der Waals surface area contributed by atoms with Crippen LogP contribution in [0.3, 0.4) is 0 Å². The molecular formula is C13H17N3O3. The Labute approximate surface area is 111 Å². The van der Waals surface area contributed by atoms with E-state index >= 15 is 0 Å². The second-order valence-corrected chi connectivity index (χ2v) is 4.41. The van der Waals surface area contributed by atoms with Crippen molar-refractivity contribution in [3.05, 3.63) is 24.4 Å². The molecule has 19 heavy (non-hydrogen) atoms. The molecule has 0 radical (unpaired) electrons. The Bertz CT molecular complexity index is 450. The third-order valence-electron chi connectivity index (χ3n) is 3.10. The number of ether oxygens (including phenoxy) is 1. The Morgan fingerprint density at radius 3 is 3.11 bits per heavy atom. The van der Waals surface area contributed by atoms with Gasteiger partial charge in [0.25, 0.3) is 0 Å². The number of hydrogen-bond donors (Lipinski definition) is 1. The monoisotopic (exact) mass is 263 g/mol. The lowest BCUT2D eigenvalue weighted by Crippen LogP contribution is -2.31. The molecule has 0 aromatic carbocycles. The normalized spacial score (nSPS) is 18.5. The van der Waals surface area contributed by atoms with E-state index in [1.54, 1.807) is 11.1 Å². The molecule has 0 aliphatic carbocycles. The molecule has 1 aromatic heterocycles. The summed E-state index contributed by atoms with van der Waals surface area (Å²) in [6.07, 6.45) is 1.95. The number of carbonyl (C=O) groups excluding carboxylic acids is 2. The van der Waals surface area contributed by atoms with E-state index in [1.165, 1.54) is 7.11 Å². The molecule has 1 N–H and O–H groups in total. The Kier molecular flexibility index (Phi) is 4.33. The van der Waals surface area contributed by atoms with E-state index in [-0.39, 0.29) is 24.2 Å². The number of carbonyl (C=O) groups is 2. The molecular weight excluding hydrogens is 246 g/mol. The highest BCUT2D eigenvalue weighted by atomic mass is 16.5. The van der Waals surface area contributed by atoms with Gasteiger partial charge < -0.3 is 15.0 Å². The molecule has 1 amide bonds. The third kappa shape index (κ3) is 3.43. The maximum Gasteiger partial charge on any atom is 0.310 e. The first kappa shape index (κ1) is 13.3. The third-order valence-corrected chi connectivity index (χ3v) is 3.10. The fourth-order valence-corrected chi connectivity index (χ4v) is 2.10. The van der Waals surface area contributed by atoms with E-state index < -0.39 is 0 Å². The molecule has 0 bridgehead atoms. The summed E-state index contributed by atoms with van der Waals surface area (Å²) in [6, 6.07) is 5.60. The van der Waals surface area contributed by atoms with Crippen LogP contribution < -0.4 is 5.32 Å². The number of likely N-dealkylation sites (tertiary alicyclic amines) is 1. The lowest BCUT2D eigenvalue weighted by Gasteiger charge is -2.16. The van der Waals surface area contributed by atoms with Gasteiger partial charge in [-0.25, -0.2) is 4.98 Å². The number of aromatic nitrogens is 1. The largest absolute Gasteiger partial charge is 0.469 e. The van der Waals surface area contributed by atoms with Gasteiger partial charge >= 0.3 is 5.97 Å². The standard InChI is InChI=1S/C13H17N3O3/c1-19-13(18)10-8-12(17)16(9-10)7-6-15-11-4-2-3-5-14-11/h2-5,10H,6-9H2,1H3,(H,14,15). The number of pyridine rings is 1. The number of nitrogens with one attached hydrogen (secondary N) is 1. The van der Waals surface area contributed by atoms with Crippen LogP contribution in [0.5, 0.6) is 0 Å². The minimum atomic E-state index is -0.327. The van der Waals surface area contributed by atoms with Crippen LogP contribution in [0, 0.1) is 5.92 Å². The van der Waals surface area contributed by atoms with Crippen molar-refractivity contribution in [3.63, 3.8) is 0 Å². The van der Waals surface area contributed by atoms with Gasteiger partial charge in [0, 0.05) is 32.3 Å². The smallest absolute Gasteiger partial charge is 0.310 e. The SMILES string of the molecule is COC(=O)C1CC(=O)N(CCNc2ccccn2)C1. The van der Waals surface area contributed by atoms with Crippen molar-refractivity contribution in [3.8, 4) is 0 Å². The molecule has 0 spiro atoms. The zero-order valence-corrected chi connectivity index (χ0v) is 10.8. The molecule has 102 valence electrons. The van der Waals surface area contributed by atoms with Crippen LogP contribution in [-0.2, 0) is 14.3 Å². The molecule has 6 nitrogen and oxygen atoms in total. The number of rotatable bonds is 5. The average Bonchev–Trinajstić information content (AvgIpc) is 2.81. The van der Waals surface area contributed by atoms with Gasteiger partial charge in [0.1, 0.15) is 5.82 Å². The molecule has 1 unspecified atom stereocenters. The molecule has 2 heterocycles. The minimum absolute atomic E-state index is 0.00165. The minimum Gasteiger partial charge on any atom is -0.469 e. The van der Waals surface area contributed by atoms with E-state index in [1.807, 2.05) is 18.2 Å². The van der Waals surface area contributed by atoms with E-state index in [9.17, 15) is 9.59 Å². The van der Waals surface area contributed by atoms with Gasteiger partial charge in [-0.2, -0.15) is 0 Å². The van der Waals surface area contributed by atoms with E-state index in [0.29, 0.717) is 19.6 Å². The quantitative estimate of drug-likeness (QED) is 0.784. The highest BCUT2D eigenvalue weighted by molar-refractivity contribution is 5.86. The highest BCUT2D eigenvalue weighted by Gasteiger charge is 2.34. The van der Waals surface area contributed by atoms with Crippen LogP contribution >= 0.6 is 0 Å². The van der Waals surface area contributed by atoms with Crippen LogP contribution in [-0.4, -0.2) is 48.5 Å². The summed E-state index contributed by atoms with van der Waals surface area (Å²) in [5.41, 5.74) is 0. The second kappa shape index (κ2) is 6.17. The number of amides is 1. The number of nitrogens with zero attached hydrogens (tertiary/aromatic N) is 2. The van der Waals surface area contributed by atoms with Gasteiger partial charge in [-0.15, -0.1) is 0 Å². The molecule has 1 aliphatic rings. The van der Waals surface area contributed by atoms with E-state index in [4.69, 9.17) is 0 Å². The first-order valence-corrected chi connectivity index (χ1v) is 6.21. The van der Waals surface area contributed by atoms with Crippen LogP contribution in [0.15, 0.2) is 24.4 Å². The highest BCUT2D eigenvalue weighted by Crippen LogP contribution is 2.18. The Balaban J connectivity index is 1.78. The van der Waals surface area contributed by atoms with Crippen molar-refractivity contribution in [2.24, 2.45) is 5.92 Å². The second-order valence-electron chi connectivity index (χ2n) is 4.41. The zero-order chi connectivity index (χ0) is 13.7. The van der Waals surface area contributed by atoms with Gasteiger partial charge in [-0.05, 0) is 12.1 Å². The number of esters is 1. The van der Waals surface area contributed by atoms with E-state index in [2.05, 4.69) is 15.0 Å². The summed E-state index contributed by atoms with van der Waals surface area (Å²) in [7, 11) is 1.35. The van der Waals surface area contributed by atoms with Crippen LogP contribution in [0.4, 0.5) is 5.82 Å². The number of methoxy groups -OCH3 is 1.